The van der Waals surface area contributed by atoms with Crippen molar-refractivity contribution in [3.05, 3.63) is 33.8 Å². The first-order valence-electron chi connectivity index (χ1n) is 6.01. The highest BCUT2D eigenvalue weighted by Crippen LogP contribution is 2.22. The average Bonchev–Trinajstić information content (AvgIpc) is 3.12. The van der Waals surface area contributed by atoms with Crippen LogP contribution in [0, 0.1) is 0 Å². The molecule has 0 radical (unpaired) electrons. The minimum Gasteiger partial charge on any atom is -0.371 e. The Balaban J connectivity index is 1.83. The molecule has 100 valence electrons. The van der Waals surface area contributed by atoms with E-state index in [4.69, 9.17) is 4.74 Å². The highest BCUT2D eigenvalue weighted by Gasteiger charge is 2.19. The largest absolute Gasteiger partial charge is 0.371 e. The molecule has 0 atom stereocenters. The number of halogens is 3. The Morgan fingerprint density at radius 3 is 2.78 bits per heavy atom. The second-order valence-corrected chi connectivity index (χ2v) is 5.34. The standard InChI is InChI=1S/C13H16BrF2NO/c14-12-5-9(6-17-11-3-4-11)1-2-10(12)7-18-8-13(15)16/h1-2,5,11,13,17H,3-4,6-8H2. The van der Waals surface area contributed by atoms with Crippen LogP contribution in [0.15, 0.2) is 22.7 Å². The molecule has 2 rings (SSSR count). The Bertz CT molecular complexity index is 397. The van der Waals surface area contributed by atoms with Crippen molar-refractivity contribution in [3.8, 4) is 0 Å². The molecular weight excluding hydrogens is 304 g/mol. The van der Waals surface area contributed by atoms with Crippen LogP contribution in [0.25, 0.3) is 0 Å². The summed E-state index contributed by atoms with van der Waals surface area (Å²) in [5, 5.41) is 3.43. The summed E-state index contributed by atoms with van der Waals surface area (Å²) >= 11 is 3.44. The Kier molecular flexibility index (Phi) is 5.09. The molecule has 0 bridgehead atoms. The number of benzene rings is 1. The molecule has 1 aromatic carbocycles. The first-order chi connectivity index (χ1) is 8.65. The summed E-state index contributed by atoms with van der Waals surface area (Å²) in [6.45, 7) is 0.542. The molecule has 2 nitrogen and oxygen atoms in total. The summed E-state index contributed by atoms with van der Waals surface area (Å²) in [6.07, 6.45) is 0.118. The van der Waals surface area contributed by atoms with Crippen LogP contribution in [-0.4, -0.2) is 19.1 Å². The first-order valence-corrected chi connectivity index (χ1v) is 6.81. The average molecular weight is 320 g/mol. The second-order valence-electron chi connectivity index (χ2n) is 4.49. The lowest BCUT2D eigenvalue weighted by molar-refractivity contribution is 0.00970. The topological polar surface area (TPSA) is 21.3 Å². The van der Waals surface area contributed by atoms with Gasteiger partial charge in [0.1, 0.15) is 6.61 Å². The van der Waals surface area contributed by atoms with Crippen LogP contribution in [0.1, 0.15) is 24.0 Å². The molecular formula is C13H16BrF2NO. The van der Waals surface area contributed by atoms with E-state index in [9.17, 15) is 8.78 Å². The molecule has 0 amide bonds. The third-order valence-electron chi connectivity index (χ3n) is 2.79. The predicted octanol–water partition coefficient (Wildman–Crippen LogP) is 3.48. The highest BCUT2D eigenvalue weighted by molar-refractivity contribution is 9.10. The minimum atomic E-state index is -2.41. The fourth-order valence-corrected chi connectivity index (χ4v) is 2.17. The molecule has 0 aliphatic heterocycles. The van der Waals surface area contributed by atoms with Gasteiger partial charge in [0.05, 0.1) is 6.61 Å². The van der Waals surface area contributed by atoms with Crippen molar-refractivity contribution in [2.75, 3.05) is 6.61 Å². The van der Waals surface area contributed by atoms with Gasteiger partial charge < -0.3 is 10.1 Å². The van der Waals surface area contributed by atoms with E-state index in [1.165, 1.54) is 18.4 Å². The Labute approximate surface area is 114 Å². The molecule has 1 N–H and O–H groups in total. The molecule has 0 saturated heterocycles. The fourth-order valence-electron chi connectivity index (χ4n) is 1.63. The lowest BCUT2D eigenvalue weighted by Crippen LogP contribution is -2.15. The number of hydrogen-bond acceptors (Lipinski definition) is 2. The summed E-state index contributed by atoms with van der Waals surface area (Å²) in [5.41, 5.74) is 2.08. The molecule has 5 heteroatoms. The normalized spacial score (nSPS) is 15.3. The molecule has 0 heterocycles. The third-order valence-corrected chi connectivity index (χ3v) is 3.53. The van der Waals surface area contributed by atoms with Gasteiger partial charge in [-0.2, -0.15) is 0 Å². The number of hydrogen-bond donors (Lipinski definition) is 1. The smallest absolute Gasteiger partial charge is 0.261 e. The van der Waals surface area contributed by atoms with Gasteiger partial charge in [-0.15, -0.1) is 0 Å². The zero-order chi connectivity index (χ0) is 13.0. The van der Waals surface area contributed by atoms with Gasteiger partial charge in [0, 0.05) is 17.1 Å². The summed E-state index contributed by atoms with van der Waals surface area (Å²) < 4.78 is 29.7. The van der Waals surface area contributed by atoms with Crippen molar-refractivity contribution in [1.29, 1.82) is 0 Å². The van der Waals surface area contributed by atoms with Gasteiger partial charge in [0.15, 0.2) is 0 Å². The lowest BCUT2D eigenvalue weighted by atomic mass is 10.1. The third kappa shape index (κ3) is 4.63. The van der Waals surface area contributed by atoms with Crippen molar-refractivity contribution in [2.45, 2.75) is 38.5 Å². The van der Waals surface area contributed by atoms with Crippen LogP contribution in [0.4, 0.5) is 8.78 Å². The molecule has 1 saturated carbocycles. The Hall–Kier alpha value is -0.520. The quantitative estimate of drug-likeness (QED) is 0.830. The van der Waals surface area contributed by atoms with Gasteiger partial charge in [-0.3, -0.25) is 0 Å². The molecule has 1 aliphatic rings. The van der Waals surface area contributed by atoms with Crippen molar-refractivity contribution in [3.63, 3.8) is 0 Å². The van der Waals surface area contributed by atoms with E-state index >= 15 is 0 Å². The molecule has 1 aromatic rings. The minimum absolute atomic E-state index is 0.210. The van der Waals surface area contributed by atoms with Gasteiger partial charge in [-0.1, -0.05) is 28.1 Å². The number of alkyl halides is 2. The van der Waals surface area contributed by atoms with E-state index in [-0.39, 0.29) is 6.61 Å². The van der Waals surface area contributed by atoms with Crippen LogP contribution in [0.3, 0.4) is 0 Å². The SMILES string of the molecule is FC(F)COCc1ccc(CNC2CC2)cc1Br. The van der Waals surface area contributed by atoms with Crippen LogP contribution in [0.5, 0.6) is 0 Å². The Morgan fingerprint density at radius 2 is 2.17 bits per heavy atom. The Morgan fingerprint density at radius 1 is 1.39 bits per heavy atom. The maximum absolute atomic E-state index is 11.9. The fraction of sp³-hybridized carbons (Fsp3) is 0.538. The molecule has 0 aromatic heterocycles. The van der Waals surface area contributed by atoms with E-state index < -0.39 is 13.0 Å². The van der Waals surface area contributed by atoms with Gasteiger partial charge in [-0.25, -0.2) is 8.78 Å². The summed E-state index contributed by atoms with van der Waals surface area (Å²) in [7, 11) is 0. The van der Waals surface area contributed by atoms with Gasteiger partial charge in [-0.05, 0) is 30.0 Å². The van der Waals surface area contributed by atoms with Crippen LogP contribution >= 0.6 is 15.9 Å². The lowest BCUT2D eigenvalue weighted by Gasteiger charge is -2.09. The van der Waals surface area contributed by atoms with Crippen LogP contribution in [-0.2, 0) is 17.9 Å². The zero-order valence-electron chi connectivity index (χ0n) is 9.96. The first kappa shape index (κ1) is 13.9. The number of nitrogens with one attached hydrogen (secondary N) is 1. The molecule has 1 aliphatic carbocycles. The van der Waals surface area contributed by atoms with E-state index in [1.807, 2.05) is 18.2 Å². The summed E-state index contributed by atoms with van der Waals surface area (Å²) in [4.78, 5) is 0. The van der Waals surface area contributed by atoms with Crippen LogP contribution < -0.4 is 5.32 Å². The van der Waals surface area contributed by atoms with Gasteiger partial charge in [0.2, 0.25) is 0 Å². The van der Waals surface area contributed by atoms with Gasteiger partial charge in [0.25, 0.3) is 6.43 Å². The molecule has 0 unspecified atom stereocenters. The van der Waals surface area contributed by atoms with Crippen molar-refractivity contribution < 1.29 is 13.5 Å². The van der Waals surface area contributed by atoms with Crippen molar-refractivity contribution in [1.82, 2.24) is 5.32 Å². The molecule has 18 heavy (non-hydrogen) atoms. The van der Waals surface area contributed by atoms with Gasteiger partial charge >= 0.3 is 0 Å². The summed E-state index contributed by atoms with van der Waals surface area (Å²) in [5.74, 6) is 0. The zero-order valence-corrected chi connectivity index (χ0v) is 11.6. The number of ether oxygens (including phenoxy) is 1. The monoisotopic (exact) mass is 319 g/mol. The predicted molar refractivity (Wildman–Crippen MR) is 69.7 cm³/mol. The van der Waals surface area contributed by atoms with Crippen molar-refractivity contribution in [2.24, 2.45) is 0 Å². The molecule has 0 spiro atoms. The van der Waals surface area contributed by atoms with E-state index in [0.29, 0.717) is 6.04 Å². The maximum Gasteiger partial charge on any atom is 0.261 e. The van der Waals surface area contributed by atoms with E-state index in [1.54, 1.807) is 0 Å². The molecule has 1 fully saturated rings. The van der Waals surface area contributed by atoms with E-state index in [0.717, 1.165) is 16.6 Å². The summed E-state index contributed by atoms with van der Waals surface area (Å²) in [6, 6.07) is 6.61. The van der Waals surface area contributed by atoms with E-state index in [2.05, 4.69) is 21.2 Å². The van der Waals surface area contributed by atoms with Crippen molar-refractivity contribution >= 4 is 15.9 Å². The highest BCUT2D eigenvalue weighted by atomic mass is 79.9. The maximum atomic E-state index is 11.9. The number of rotatable bonds is 7. The van der Waals surface area contributed by atoms with Crippen LogP contribution in [0.2, 0.25) is 0 Å². The second kappa shape index (κ2) is 6.59.